The number of nitriles is 1. The van der Waals surface area contributed by atoms with Crippen LogP contribution in [-0.2, 0) is 26.1 Å². The number of rotatable bonds is 6. The molecule has 3 aromatic rings. The van der Waals surface area contributed by atoms with E-state index in [1.807, 2.05) is 6.07 Å². The molecule has 1 aromatic heterocycles. The number of methoxy groups -OCH3 is 1. The number of aromatic nitrogens is 2. The van der Waals surface area contributed by atoms with E-state index in [9.17, 15) is 13.2 Å². The zero-order chi connectivity index (χ0) is 23.8. The maximum atomic E-state index is 13.3. The Morgan fingerprint density at radius 1 is 1.33 bits per heavy atom. The second kappa shape index (κ2) is 8.99. The van der Waals surface area contributed by atoms with Crippen molar-refractivity contribution in [3.63, 3.8) is 0 Å². The molecule has 1 aliphatic rings. The Labute approximate surface area is 195 Å². The van der Waals surface area contributed by atoms with Gasteiger partial charge in [0.05, 0.1) is 35.8 Å². The number of piperazine rings is 1. The van der Waals surface area contributed by atoms with Crippen LogP contribution in [0.3, 0.4) is 0 Å². The van der Waals surface area contributed by atoms with Gasteiger partial charge in [0, 0.05) is 30.9 Å². The van der Waals surface area contributed by atoms with E-state index in [0.717, 1.165) is 9.87 Å². The molecule has 172 valence electrons. The zero-order valence-electron chi connectivity index (χ0n) is 17.7. The third kappa shape index (κ3) is 4.51. The Kier molecular flexibility index (Phi) is 6.27. The van der Waals surface area contributed by atoms with E-state index in [1.165, 1.54) is 7.11 Å². The molecule has 1 amide bonds. The Morgan fingerprint density at radius 2 is 2.12 bits per heavy atom. The number of hydrogen-bond donors (Lipinski definition) is 2. The molecule has 0 saturated carbocycles. The van der Waals surface area contributed by atoms with Gasteiger partial charge in [-0.05, 0) is 35.9 Å². The van der Waals surface area contributed by atoms with E-state index < -0.39 is 16.1 Å². The number of halogens is 1. The maximum absolute atomic E-state index is 13.3. The number of nitrogens with two attached hydrogens (primary N) is 1. The highest BCUT2D eigenvalue weighted by Crippen LogP contribution is 2.25. The molecule has 1 aliphatic heterocycles. The van der Waals surface area contributed by atoms with Crippen molar-refractivity contribution < 1.29 is 17.9 Å². The van der Waals surface area contributed by atoms with Gasteiger partial charge in [0.1, 0.15) is 6.07 Å². The third-order valence-electron chi connectivity index (χ3n) is 5.44. The molecular weight excluding hydrogens is 468 g/mol. The maximum Gasteiger partial charge on any atom is 0.277 e. The summed E-state index contributed by atoms with van der Waals surface area (Å²) >= 11 is 5.98. The van der Waals surface area contributed by atoms with E-state index >= 15 is 0 Å². The lowest BCUT2D eigenvalue weighted by Gasteiger charge is -2.39. The lowest BCUT2D eigenvalue weighted by atomic mass is 10.1. The van der Waals surface area contributed by atoms with Crippen molar-refractivity contribution in [3.8, 4) is 6.07 Å². The Morgan fingerprint density at radius 3 is 2.82 bits per heavy atom. The van der Waals surface area contributed by atoms with E-state index in [0.29, 0.717) is 27.3 Å². The van der Waals surface area contributed by atoms with E-state index in [1.54, 1.807) is 41.3 Å². The number of sulfonamides is 1. The first-order chi connectivity index (χ1) is 15.7. The fourth-order valence-corrected chi connectivity index (χ4v) is 5.31. The number of carbonyl (C=O) groups is 1. The lowest BCUT2D eigenvalue weighted by molar-refractivity contribution is -0.139. The Bertz CT molecular complexity index is 1370. The molecule has 33 heavy (non-hydrogen) atoms. The molecule has 0 aliphatic carbocycles. The summed E-state index contributed by atoms with van der Waals surface area (Å²) in [6.45, 7) is 0.0383. The number of nitrogens with one attached hydrogen (secondary N) is 1. The van der Waals surface area contributed by atoms with Gasteiger partial charge in [0.15, 0.2) is 0 Å². The summed E-state index contributed by atoms with van der Waals surface area (Å²) < 4.78 is 32.9. The van der Waals surface area contributed by atoms with Gasteiger partial charge in [0.2, 0.25) is 11.1 Å². The molecule has 1 saturated heterocycles. The standard InChI is InChI=1S/C21H21ClN6O4S/c1-32-12-16-10-27(33(30,31)21-25-18-5-4-15(22)7-19(18)26-21)11-20(29)28(16)9-13-2-3-14(8-23)17(24)6-13/h2-7,16H,9-12,24H2,1H3,(H,25,26)/t16-/m1/s1. The highest BCUT2D eigenvalue weighted by atomic mass is 35.5. The number of ether oxygens (including phenoxy) is 1. The molecule has 12 heteroatoms. The molecule has 1 atom stereocenters. The number of benzene rings is 2. The second-order valence-corrected chi connectivity index (χ2v) is 9.95. The largest absolute Gasteiger partial charge is 0.398 e. The number of fused-ring (bicyclic) bond motifs is 1. The van der Waals surface area contributed by atoms with Crippen LogP contribution < -0.4 is 5.73 Å². The highest BCUT2D eigenvalue weighted by Gasteiger charge is 2.39. The predicted molar refractivity (Wildman–Crippen MR) is 122 cm³/mol. The van der Waals surface area contributed by atoms with Gasteiger partial charge in [-0.3, -0.25) is 4.79 Å². The molecule has 0 bridgehead atoms. The Balaban J connectivity index is 1.59. The summed E-state index contributed by atoms with van der Waals surface area (Å²) in [4.78, 5) is 21.5. The normalized spacial score (nSPS) is 17.4. The molecule has 10 nitrogen and oxygen atoms in total. The number of anilines is 1. The van der Waals surface area contributed by atoms with E-state index in [4.69, 9.17) is 27.3 Å². The number of hydrogen-bond acceptors (Lipinski definition) is 7. The van der Waals surface area contributed by atoms with Crippen molar-refractivity contribution in [2.45, 2.75) is 17.7 Å². The smallest absolute Gasteiger partial charge is 0.277 e. The summed E-state index contributed by atoms with van der Waals surface area (Å²) in [6, 6.07) is 11.2. The van der Waals surface area contributed by atoms with Crippen molar-refractivity contribution >= 4 is 44.3 Å². The number of amides is 1. The summed E-state index contributed by atoms with van der Waals surface area (Å²) in [6.07, 6.45) is 0. The van der Waals surface area contributed by atoms with Gasteiger partial charge >= 0.3 is 0 Å². The van der Waals surface area contributed by atoms with Crippen molar-refractivity contribution in [1.29, 1.82) is 5.26 Å². The molecular formula is C21H21ClN6O4S. The fraction of sp³-hybridized carbons (Fsp3) is 0.286. The molecule has 0 unspecified atom stereocenters. The van der Waals surface area contributed by atoms with Crippen LogP contribution in [0.2, 0.25) is 5.02 Å². The van der Waals surface area contributed by atoms with Crippen LogP contribution in [0, 0.1) is 11.3 Å². The van der Waals surface area contributed by atoms with Crippen LogP contribution in [0.1, 0.15) is 11.1 Å². The number of nitrogen functional groups attached to an aromatic ring is 1. The summed E-state index contributed by atoms with van der Waals surface area (Å²) in [7, 11) is -2.58. The monoisotopic (exact) mass is 488 g/mol. The number of H-pyrrole nitrogens is 1. The minimum absolute atomic E-state index is 0.0332. The first kappa shape index (κ1) is 23.0. The topological polar surface area (TPSA) is 145 Å². The Hall–Kier alpha value is -3.17. The molecule has 4 rings (SSSR count). The van der Waals surface area contributed by atoms with Gasteiger partial charge in [-0.2, -0.15) is 9.57 Å². The van der Waals surface area contributed by atoms with Crippen molar-refractivity contribution in [2.24, 2.45) is 0 Å². The number of imidazole rings is 1. The van der Waals surface area contributed by atoms with Gasteiger partial charge in [-0.1, -0.05) is 17.7 Å². The average molecular weight is 489 g/mol. The fourth-order valence-electron chi connectivity index (χ4n) is 3.79. The van der Waals surface area contributed by atoms with Crippen molar-refractivity contribution in [1.82, 2.24) is 19.2 Å². The van der Waals surface area contributed by atoms with Crippen LogP contribution in [0.15, 0.2) is 41.6 Å². The summed E-state index contributed by atoms with van der Waals surface area (Å²) in [5.74, 6) is -0.381. The molecule has 3 N–H and O–H groups in total. The van der Waals surface area contributed by atoms with E-state index in [-0.39, 0.29) is 37.3 Å². The van der Waals surface area contributed by atoms with Crippen LogP contribution in [0.4, 0.5) is 5.69 Å². The van der Waals surface area contributed by atoms with Crippen LogP contribution in [0.5, 0.6) is 0 Å². The second-order valence-electron chi connectivity index (χ2n) is 7.67. The first-order valence-electron chi connectivity index (χ1n) is 9.95. The predicted octanol–water partition coefficient (Wildman–Crippen LogP) is 1.72. The van der Waals surface area contributed by atoms with Crippen LogP contribution in [-0.4, -0.2) is 66.3 Å². The molecule has 0 spiro atoms. The molecule has 0 radical (unpaired) electrons. The van der Waals surface area contributed by atoms with Crippen molar-refractivity contribution in [2.75, 3.05) is 32.5 Å². The van der Waals surface area contributed by atoms with Gasteiger partial charge in [0.25, 0.3) is 10.0 Å². The van der Waals surface area contributed by atoms with Gasteiger partial charge in [-0.25, -0.2) is 13.4 Å². The van der Waals surface area contributed by atoms with E-state index in [2.05, 4.69) is 9.97 Å². The third-order valence-corrected chi connectivity index (χ3v) is 7.32. The highest BCUT2D eigenvalue weighted by molar-refractivity contribution is 7.89. The van der Waals surface area contributed by atoms with Gasteiger partial charge < -0.3 is 20.4 Å². The number of carbonyl (C=O) groups excluding carboxylic acids is 1. The number of aromatic amines is 1. The molecule has 1 fully saturated rings. The zero-order valence-corrected chi connectivity index (χ0v) is 19.2. The molecule has 2 aromatic carbocycles. The summed E-state index contributed by atoms with van der Waals surface area (Å²) in [5.41, 5.74) is 8.22. The van der Waals surface area contributed by atoms with Crippen LogP contribution >= 0.6 is 11.6 Å². The van der Waals surface area contributed by atoms with Crippen molar-refractivity contribution in [3.05, 3.63) is 52.5 Å². The van der Waals surface area contributed by atoms with Gasteiger partial charge in [-0.15, -0.1) is 0 Å². The van der Waals surface area contributed by atoms with Crippen LogP contribution in [0.25, 0.3) is 11.0 Å². The minimum Gasteiger partial charge on any atom is -0.398 e. The first-order valence-corrected chi connectivity index (χ1v) is 11.8. The average Bonchev–Trinajstić information content (AvgIpc) is 3.20. The minimum atomic E-state index is -4.07. The molecule has 2 heterocycles. The summed E-state index contributed by atoms with van der Waals surface area (Å²) in [5, 5.41) is 9.25. The SMILES string of the molecule is COC[C@H]1CN(S(=O)(=O)c2nc3ccc(Cl)cc3[nH]2)CC(=O)N1Cc1ccc(C#N)c(N)c1. The lowest BCUT2D eigenvalue weighted by Crippen LogP contribution is -2.58. The number of nitrogens with zero attached hydrogens (tertiary/aromatic N) is 4. The quantitative estimate of drug-likeness (QED) is 0.502.